The fraction of sp³-hybridized carbons (Fsp3) is 0.412. The van der Waals surface area contributed by atoms with Gasteiger partial charge in [0.15, 0.2) is 9.84 Å². The van der Waals surface area contributed by atoms with Crippen LogP contribution < -0.4 is 5.32 Å². The summed E-state index contributed by atoms with van der Waals surface area (Å²) in [5.74, 6) is -0.796. The van der Waals surface area contributed by atoms with E-state index in [0.717, 1.165) is 6.08 Å². The topological polar surface area (TPSA) is 92.8 Å². The van der Waals surface area contributed by atoms with Gasteiger partial charge in [-0.15, -0.1) is 0 Å². The molecule has 0 saturated carbocycles. The Morgan fingerprint density at radius 1 is 1.36 bits per heavy atom. The van der Waals surface area contributed by atoms with Crippen molar-refractivity contribution in [1.82, 2.24) is 4.90 Å². The van der Waals surface area contributed by atoms with Gasteiger partial charge in [-0.05, 0) is 24.3 Å². The number of fused-ring (bicyclic) bond motifs is 1. The van der Waals surface area contributed by atoms with E-state index in [2.05, 4.69) is 11.9 Å². The van der Waals surface area contributed by atoms with Crippen molar-refractivity contribution in [1.29, 1.82) is 0 Å². The van der Waals surface area contributed by atoms with E-state index in [1.54, 1.807) is 29.2 Å². The number of amides is 2. The molecule has 0 bridgehead atoms. The second kappa shape index (κ2) is 6.61. The van der Waals surface area contributed by atoms with Crippen LogP contribution in [0.3, 0.4) is 0 Å². The van der Waals surface area contributed by atoms with Crippen LogP contribution in [0.4, 0.5) is 5.69 Å². The summed E-state index contributed by atoms with van der Waals surface area (Å²) in [6, 6.07) is 6.54. The third-order valence-corrected chi connectivity index (χ3v) is 7.01. The second-order valence-electron chi connectivity index (χ2n) is 6.29. The molecule has 2 aliphatic heterocycles. The van der Waals surface area contributed by atoms with Crippen molar-refractivity contribution >= 4 is 27.3 Å². The van der Waals surface area contributed by atoms with Crippen LogP contribution in [0.15, 0.2) is 36.9 Å². The monoisotopic (exact) mass is 364 g/mol. The number of anilines is 1. The molecule has 2 aliphatic rings. The SMILES string of the molecule is C=CC(=O)Nc1cccc(C(=O)N2C[C@H]3[C@H](OC)CS(=O)(=O)[C@H]3C2)c1. The van der Waals surface area contributed by atoms with Gasteiger partial charge in [0.05, 0.1) is 17.1 Å². The first-order chi connectivity index (χ1) is 11.9. The molecule has 3 atom stereocenters. The van der Waals surface area contributed by atoms with Crippen LogP contribution >= 0.6 is 0 Å². The molecule has 7 nitrogen and oxygen atoms in total. The van der Waals surface area contributed by atoms with Crippen molar-refractivity contribution in [3.63, 3.8) is 0 Å². The summed E-state index contributed by atoms with van der Waals surface area (Å²) in [5, 5.41) is 2.04. The molecule has 1 aromatic carbocycles. The van der Waals surface area contributed by atoms with Crippen LogP contribution in [0.25, 0.3) is 0 Å². The first-order valence-corrected chi connectivity index (χ1v) is 9.64. The summed E-state index contributed by atoms with van der Waals surface area (Å²) >= 11 is 0. The number of sulfone groups is 1. The highest BCUT2D eigenvalue weighted by Crippen LogP contribution is 2.36. The summed E-state index contributed by atoms with van der Waals surface area (Å²) in [5.41, 5.74) is 0.880. The number of carbonyl (C=O) groups is 2. The number of likely N-dealkylation sites (tertiary alicyclic amines) is 1. The highest BCUT2D eigenvalue weighted by atomic mass is 32.2. The number of hydrogen-bond acceptors (Lipinski definition) is 5. The minimum Gasteiger partial charge on any atom is -0.380 e. The molecule has 2 saturated heterocycles. The van der Waals surface area contributed by atoms with E-state index in [-0.39, 0.29) is 36.1 Å². The predicted octanol–water partition coefficient (Wildman–Crippen LogP) is 0.695. The van der Waals surface area contributed by atoms with E-state index in [0.29, 0.717) is 17.8 Å². The fourth-order valence-electron chi connectivity index (χ4n) is 3.53. The lowest BCUT2D eigenvalue weighted by Gasteiger charge is -2.19. The number of methoxy groups -OCH3 is 1. The molecule has 0 spiro atoms. The van der Waals surface area contributed by atoms with Crippen molar-refractivity contribution in [3.8, 4) is 0 Å². The van der Waals surface area contributed by atoms with Gasteiger partial charge in [0.1, 0.15) is 0 Å². The van der Waals surface area contributed by atoms with Crippen LogP contribution in [0.2, 0.25) is 0 Å². The summed E-state index contributed by atoms with van der Waals surface area (Å²) in [6.07, 6.45) is 0.775. The Bertz CT molecular complexity index is 820. The van der Waals surface area contributed by atoms with Crippen molar-refractivity contribution in [3.05, 3.63) is 42.5 Å². The van der Waals surface area contributed by atoms with E-state index < -0.39 is 15.1 Å². The zero-order valence-electron chi connectivity index (χ0n) is 13.8. The summed E-state index contributed by atoms with van der Waals surface area (Å²) < 4.78 is 29.8. The molecule has 134 valence electrons. The number of ether oxygens (including phenoxy) is 1. The quantitative estimate of drug-likeness (QED) is 0.794. The normalized spacial score (nSPS) is 26.9. The van der Waals surface area contributed by atoms with E-state index in [9.17, 15) is 18.0 Å². The van der Waals surface area contributed by atoms with Crippen LogP contribution in [-0.2, 0) is 19.4 Å². The molecule has 0 aromatic heterocycles. The maximum absolute atomic E-state index is 12.7. The lowest BCUT2D eigenvalue weighted by atomic mass is 10.0. The van der Waals surface area contributed by atoms with Crippen LogP contribution in [0.5, 0.6) is 0 Å². The van der Waals surface area contributed by atoms with Gasteiger partial charge in [-0.3, -0.25) is 9.59 Å². The Balaban J connectivity index is 1.78. The second-order valence-corrected chi connectivity index (χ2v) is 8.55. The molecule has 0 aliphatic carbocycles. The minimum atomic E-state index is -3.25. The van der Waals surface area contributed by atoms with E-state index in [1.165, 1.54) is 7.11 Å². The van der Waals surface area contributed by atoms with Gasteiger partial charge in [0.2, 0.25) is 5.91 Å². The van der Waals surface area contributed by atoms with Crippen molar-refractivity contribution in [2.24, 2.45) is 5.92 Å². The van der Waals surface area contributed by atoms with Crippen molar-refractivity contribution in [2.45, 2.75) is 11.4 Å². The van der Waals surface area contributed by atoms with Gasteiger partial charge >= 0.3 is 0 Å². The van der Waals surface area contributed by atoms with Crippen molar-refractivity contribution < 1.29 is 22.7 Å². The van der Waals surface area contributed by atoms with Gasteiger partial charge in [-0.25, -0.2) is 8.42 Å². The highest BCUT2D eigenvalue weighted by molar-refractivity contribution is 7.92. The molecule has 2 fully saturated rings. The molecule has 25 heavy (non-hydrogen) atoms. The molecule has 1 aromatic rings. The molecular weight excluding hydrogens is 344 g/mol. The molecule has 3 rings (SSSR count). The average molecular weight is 364 g/mol. The van der Waals surface area contributed by atoms with Crippen LogP contribution in [0.1, 0.15) is 10.4 Å². The predicted molar refractivity (Wildman–Crippen MR) is 93.0 cm³/mol. The standard InChI is InChI=1S/C17H20N2O5S/c1-3-16(20)18-12-6-4-5-11(7-12)17(21)19-8-13-14(24-2)10-25(22,23)15(13)9-19/h3-7,13-15H,1,8-10H2,2H3,(H,18,20)/t13-,14+,15-/m0/s1. The molecule has 0 unspecified atom stereocenters. The lowest BCUT2D eigenvalue weighted by Crippen LogP contribution is -2.33. The molecule has 0 radical (unpaired) electrons. The Morgan fingerprint density at radius 3 is 2.80 bits per heavy atom. The zero-order valence-corrected chi connectivity index (χ0v) is 14.7. The molecular formula is C17H20N2O5S. The number of nitrogens with one attached hydrogen (secondary N) is 1. The zero-order chi connectivity index (χ0) is 18.2. The number of rotatable bonds is 4. The summed E-state index contributed by atoms with van der Waals surface area (Å²) in [6.45, 7) is 3.91. The number of benzene rings is 1. The average Bonchev–Trinajstić information content (AvgIpc) is 3.13. The van der Waals surface area contributed by atoms with Crippen LogP contribution in [-0.4, -0.2) is 62.4 Å². The Hall–Kier alpha value is -2.19. The van der Waals surface area contributed by atoms with E-state index in [1.807, 2.05) is 0 Å². The van der Waals surface area contributed by atoms with Gasteiger partial charge in [0, 0.05) is 37.4 Å². The minimum absolute atomic E-state index is 0.0178. The van der Waals surface area contributed by atoms with Gasteiger partial charge in [0.25, 0.3) is 5.91 Å². The van der Waals surface area contributed by atoms with Gasteiger partial charge < -0.3 is 15.0 Å². The number of hydrogen-bond donors (Lipinski definition) is 1. The number of carbonyl (C=O) groups excluding carboxylic acids is 2. The molecule has 1 N–H and O–H groups in total. The van der Waals surface area contributed by atoms with Crippen molar-refractivity contribution in [2.75, 3.05) is 31.3 Å². The maximum atomic E-state index is 12.7. The number of nitrogens with zero attached hydrogens (tertiary/aromatic N) is 1. The largest absolute Gasteiger partial charge is 0.380 e. The third-order valence-electron chi connectivity index (χ3n) is 4.80. The lowest BCUT2D eigenvalue weighted by molar-refractivity contribution is -0.111. The smallest absolute Gasteiger partial charge is 0.253 e. The molecule has 2 heterocycles. The Labute approximate surface area is 146 Å². The van der Waals surface area contributed by atoms with Gasteiger partial charge in [-0.1, -0.05) is 12.6 Å². The van der Waals surface area contributed by atoms with E-state index >= 15 is 0 Å². The first-order valence-electron chi connectivity index (χ1n) is 7.93. The summed E-state index contributed by atoms with van der Waals surface area (Å²) in [4.78, 5) is 25.7. The highest BCUT2D eigenvalue weighted by Gasteiger charge is 2.53. The fourth-order valence-corrected chi connectivity index (χ4v) is 5.82. The van der Waals surface area contributed by atoms with Crippen LogP contribution in [0, 0.1) is 5.92 Å². The van der Waals surface area contributed by atoms with E-state index in [4.69, 9.17) is 4.74 Å². The Morgan fingerprint density at radius 2 is 2.12 bits per heavy atom. The molecule has 8 heteroatoms. The first kappa shape index (κ1) is 17.6. The summed E-state index contributed by atoms with van der Waals surface area (Å²) in [7, 11) is -1.75. The van der Waals surface area contributed by atoms with Gasteiger partial charge in [-0.2, -0.15) is 0 Å². The Kier molecular flexibility index (Phi) is 4.66. The molecule has 2 amide bonds. The third kappa shape index (κ3) is 3.32. The maximum Gasteiger partial charge on any atom is 0.253 e.